The van der Waals surface area contributed by atoms with Crippen molar-refractivity contribution < 1.29 is 19.0 Å². The molecule has 3 N–H and O–H groups in total. The predicted molar refractivity (Wildman–Crippen MR) is 54.1 cm³/mol. The maximum atomic E-state index is 13.1. The number of ketones is 1. The third-order valence-corrected chi connectivity index (χ3v) is 2.50. The molecule has 1 heterocycles. The van der Waals surface area contributed by atoms with Gasteiger partial charge < -0.3 is 15.6 Å². The van der Waals surface area contributed by atoms with E-state index in [1.807, 2.05) is 0 Å². The molecule has 1 unspecified atom stereocenters. The van der Waals surface area contributed by atoms with Gasteiger partial charge in [-0.25, -0.2) is 4.39 Å². The van der Waals surface area contributed by atoms with Crippen molar-refractivity contribution >= 4 is 17.4 Å². The number of hydrogen-bond donors (Lipinski definition) is 2. The predicted octanol–water partition coefficient (Wildman–Crippen LogP) is 1.81. The summed E-state index contributed by atoms with van der Waals surface area (Å²) in [6, 6.07) is 3.80. The van der Waals surface area contributed by atoms with Gasteiger partial charge in [-0.05, 0) is 12.1 Å². The molecule has 0 aliphatic carbocycles. The maximum absolute atomic E-state index is 13.1. The minimum Gasteiger partial charge on any atom is -0.501 e. The first-order valence-electron chi connectivity index (χ1n) is 4.35. The van der Waals surface area contributed by atoms with Gasteiger partial charge in [0.2, 0.25) is 17.4 Å². The normalized spacial score (nSPS) is 20.1. The fourth-order valence-electron chi connectivity index (χ4n) is 1.38. The van der Waals surface area contributed by atoms with E-state index in [-0.39, 0.29) is 16.5 Å². The average Bonchev–Trinajstić information content (AvgIpc) is 2.50. The summed E-state index contributed by atoms with van der Waals surface area (Å²) < 4.78 is 18.1. The number of rotatable bonds is 1. The Kier molecular flexibility index (Phi) is 2.47. The number of nitrogens with two attached hydrogens (primary N) is 1. The number of Topliss-reactive ketones (excluding diaryl/α,β-unsaturated/α-hetero) is 1. The summed E-state index contributed by atoms with van der Waals surface area (Å²) in [6.45, 7) is 0. The third-order valence-electron chi connectivity index (χ3n) is 2.20. The summed E-state index contributed by atoms with van der Waals surface area (Å²) in [4.78, 5) is 11.4. The second kappa shape index (κ2) is 3.68. The van der Waals surface area contributed by atoms with E-state index in [1.54, 1.807) is 0 Å². The zero-order valence-electron chi connectivity index (χ0n) is 7.91. The molecule has 4 nitrogen and oxygen atoms in total. The summed E-state index contributed by atoms with van der Waals surface area (Å²) >= 11 is 5.50. The molecule has 16 heavy (non-hydrogen) atoms. The van der Waals surface area contributed by atoms with E-state index in [4.69, 9.17) is 22.1 Å². The van der Waals surface area contributed by atoms with Gasteiger partial charge >= 0.3 is 0 Å². The number of aliphatic hydroxyl groups is 1. The Labute approximate surface area is 95.1 Å². The van der Waals surface area contributed by atoms with E-state index in [0.29, 0.717) is 0 Å². The Balaban J connectivity index is 2.35. The van der Waals surface area contributed by atoms with Crippen LogP contribution in [0.1, 0.15) is 11.7 Å². The van der Waals surface area contributed by atoms with Crippen LogP contribution in [0.4, 0.5) is 4.39 Å². The number of benzene rings is 1. The van der Waals surface area contributed by atoms with Crippen LogP contribution in [0.5, 0.6) is 0 Å². The Morgan fingerprint density at radius 1 is 1.50 bits per heavy atom. The van der Waals surface area contributed by atoms with Crippen molar-refractivity contribution in [2.24, 2.45) is 5.73 Å². The van der Waals surface area contributed by atoms with Crippen molar-refractivity contribution in [3.63, 3.8) is 0 Å². The maximum Gasteiger partial charge on any atom is 0.247 e. The molecule has 0 saturated carbocycles. The zero-order chi connectivity index (χ0) is 11.9. The highest BCUT2D eigenvalue weighted by atomic mass is 35.5. The summed E-state index contributed by atoms with van der Waals surface area (Å²) in [7, 11) is 0. The lowest BCUT2D eigenvalue weighted by Gasteiger charge is -2.10. The minimum absolute atomic E-state index is 0.0562. The number of halogens is 2. The van der Waals surface area contributed by atoms with Crippen LogP contribution in [0.2, 0.25) is 5.02 Å². The Morgan fingerprint density at radius 2 is 2.19 bits per heavy atom. The van der Waals surface area contributed by atoms with E-state index in [1.165, 1.54) is 12.1 Å². The van der Waals surface area contributed by atoms with Gasteiger partial charge in [0.1, 0.15) is 5.82 Å². The molecule has 1 aliphatic rings. The molecule has 0 saturated heterocycles. The smallest absolute Gasteiger partial charge is 0.247 e. The van der Waals surface area contributed by atoms with Gasteiger partial charge in [-0.1, -0.05) is 17.7 Å². The molecule has 2 rings (SSSR count). The molecule has 0 amide bonds. The van der Waals surface area contributed by atoms with Crippen molar-refractivity contribution in [2.45, 2.75) is 6.10 Å². The highest BCUT2D eigenvalue weighted by molar-refractivity contribution is 6.30. The van der Waals surface area contributed by atoms with Crippen molar-refractivity contribution in [1.82, 2.24) is 0 Å². The molecule has 1 aromatic rings. The lowest BCUT2D eigenvalue weighted by molar-refractivity contribution is -0.123. The highest BCUT2D eigenvalue weighted by Crippen LogP contribution is 2.31. The zero-order valence-corrected chi connectivity index (χ0v) is 8.66. The molecule has 0 bridgehead atoms. The summed E-state index contributed by atoms with van der Waals surface area (Å²) in [6.07, 6.45) is -1.10. The van der Waals surface area contributed by atoms with Crippen molar-refractivity contribution in [3.8, 4) is 0 Å². The standard InChI is InChI=1S/C10H7ClFNO3/c11-5-2-1-4(3-6(5)12)9-7(14)8(15)10(13)16-9/h1-3,9,15H,13H2. The van der Waals surface area contributed by atoms with Crippen LogP contribution in [0, 0.1) is 5.82 Å². The highest BCUT2D eigenvalue weighted by Gasteiger charge is 2.35. The van der Waals surface area contributed by atoms with Crippen LogP contribution < -0.4 is 5.73 Å². The third kappa shape index (κ3) is 1.59. The van der Waals surface area contributed by atoms with Crippen molar-refractivity contribution in [2.75, 3.05) is 0 Å². The van der Waals surface area contributed by atoms with Crippen LogP contribution in [-0.4, -0.2) is 10.9 Å². The second-order valence-electron chi connectivity index (χ2n) is 3.25. The van der Waals surface area contributed by atoms with Crippen LogP contribution in [0.15, 0.2) is 29.8 Å². The van der Waals surface area contributed by atoms with E-state index in [9.17, 15) is 14.3 Å². The number of ether oxygens (including phenoxy) is 1. The van der Waals surface area contributed by atoms with Gasteiger partial charge in [-0.3, -0.25) is 4.79 Å². The molecule has 1 aliphatic heterocycles. The van der Waals surface area contributed by atoms with Gasteiger partial charge in [-0.15, -0.1) is 0 Å². The first-order valence-corrected chi connectivity index (χ1v) is 4.73. The van der Waals surface area contributed by atoms with Crippen LogP contribution >= 0.6 is 11.6 Å². The summed E-state index contributed by atoms with van der Waals surface area (Å²) in [5.74, 6) is -2.36. The molecule has 0 radical (unpaired) electrons. The van der Waals surface area contributed by atoms with E-state index in [2.05, 4.69) is 0 Å². The van der Waals surface area contributed by atoms with E-state index >= 15 is 0 Å². The fraction of sp³-hybridized carbons (Fsp3) is 0.100. The van der Waals surface area contributed by atoms with E-state index in [0.717, 1.165) is 6.07 Å². The van der Waals surface area contributed by atoms with Crippen LogP contribution in [-0.2, 0) is 9.53 Å². The van der Waals surface area contributed by atoms with Gasteiger partial charge in [-0.2, -0.15) is 0 Å². The quantitative estimate of drug-likeness (QED) is 0.789. The van der Waals surface area contributed by atoms with Crippen molar-refractivity contribution in [1.29, 1.82) is 0 Å². The molecular weight excluding hydrogens is 237 g/mol. The second-order valence-corrected chi connectivity index (χ2v) is 3.66. The molecular formula is C10H7ClFNO3. The monoisotopic (exact) mass is 243 g/mol. The Bertz CT molecular complexity index is 501. The first-order chi connectivity index (χ1) is 7.50. The van der Waals surface area contributed by atoms with Gasteiger partial charge in [0, 0.05) is 5.56 Å². The number of carbonyl (C=O) groups excluding carboxylic acids is 1. The van der Waals surface area contributed by atoms with Gasteiger partial charge in [0.15, 0.2) is 6.10 Å². The number of aliphatic hydroxyl groups excluding tert-OH is 1. The largest absolute Gasteiger partial charge is 0.501 e. The summed E-state index contributed by atoms with van der Waals surface area (Å²) in [5, 5.41) is 9.13. The van der Waals surface area contributed by atoms with Crippen LogP contribution in [0.3, 0.4) is 0 Å². The first kappa shape index (κ1) is 10.8. The molecule has 0 fully saturated rings. The molecule has 1 aromatic carbocycles. The summed E-state index contributed by atoms with van der Waals surface area (Å²) in [5.41, 5.74) is 5.48. The SMILES string of the molecule is NC1=C(O)C(=O)C(c2ccc(Cl)c(F)c2)O1. The lowest BCUT2D eigenvalue weighted by Crippen LogP contribution is -2.10. The molecule has 1 atom stereocenters. The number of carbonyl (C=O) groups is 1. The van der Waals surface area contributed by atoms with Crippen molar-refractivity contribution in [3.05, 3.63) is 46.2 Å². The molecule has 84 valence electrons. The van der Waals surface area contributed by atoms with Crippen LogP contribution in [0.25, 0.3) is 0 Å². The van der Waals surface area contributed by atoms with E-state index < -0.39 is 23.5 Å². The topological polar surface area (TPSA) is 72.5 Å². The molecule has 0 spiro atoms. The Morgan fingerprint density at radius 3 is 2.69 bits per heavy atom. The lowest BCUT2D eigenvalue weighted by atomic mass is 10.1. The molecule has 0 aromatic heterocycles. The fourth-order valence-corrected chi connectivity index (χ4v) is 1.49. The number of hydrogen-bond acceptors (Lipinski definition) is 4. The minimum atomic E-state index is -1.10. The van der Waals surface area contributed by atoms with Gasteiger partial charge in [0.05, 0.1) is 5.02 Å². The average molecular weight is 244 g/mol. The Hall–Kier alpha value is -1.75. The molecule has 6 heteroatoms. The van der Waals surface area contributed by atoms with Gasteiger partial charge in [0.25, 0.3) is 0 Å².